The minimum absolute atomic E-state index is 0.249. The number of nitrogens with one attached hydrogen (secondary N) is 1. The number of rotatable bonds is 4. The van der Waals surface area contributed by atoms with Crippen molar-refractivity contribution in [2.24, 2.45) is 0 Å². The van der Waals surface area contributed by atoms with Gasteiger partial charge in [-0.1, -0.05) is 18.2 Å². The van der Waals surface area contributed by atoms with Gasteiger partial charge in [0.15, 0.2) is 0 Å². The molecule has 4 nitrogen and oxygen atoms in total. The van der Waals surface area contributed by atoms with Crippen molar-refractivity contribution >= 4 is 17.7 Å². The average Bonchev–Trinajstić information content (AvgIpc) is 2.53. The van der Waals surface area contributed by atoms with Gasteiger partial charge in [-0.05, 0) is 42.0 Å². The summed E-state index contributed by atoms with van der Waals surface area (Å²) in [4.78, 5) is 11.8. The summed E-state index contributed by atoms with van der Waals surface area (Å²) >= 11 is 0. The van der Waals surface area contributed by atoms with Crippen molar-refractivity contribution in [3.05, 3.63) is 65.7 Å². The van der Waals surface area contributed by atoms with E-state index in [9.17, 15) is 4.79 Å². The van der Waals surface area contributed by atoms with E-state index < -0.39 is 0 Å². The summed E-state index contributed by atoms with van der Waals surface area (Å²) in [5, 5.41) is 11.5. The van der Waals surface area contributed by atoms with Crippen molar-refractivity contribution in [3.8, 4) is 11.8 Å². The van der Waals surface area contributed by atoms with Gasteiger partial charge in [0.05, 0.1) is 18.7 Å². The molecule has 0 atom stereocenters. The van der Waals surface area contributed by atoms with Gasteiger partial charge in [-0.25, -0.2) is 0 Å². The number of carbonyl (C=O) groups is 1. The number of anilines is 1. The molecule has 2 rings (SSSR count). The molecule has 0 aliphatic rings. The molecule has 104 valence electrons. The van der Waals surface area contributed by atoms with Gasteiger partial charge in [-0.15, -0.1) is 0 Å². The largest absolute Gasteiger partial charge is 0.497 e. The lowest BCUT2D eigenvalue weighted by Crippen LogP contribution is -2.07. The number of hydrogen-bond acceptors (Lipinski definition) is 3. The third-order valence-electron chi connectivity index (χ3n) is 2.80. The van der Waals surface area contributed by atoms with Crippen LogP contribution in [-0.4, -0.2) is 13.0 Å². The summed E-state index contributed by atoms with van der Waals surface area (Å²) < 4.78 is 5.07. The summed E-state index contributed by atoms with van der Waals surface area (Å²) in [6.45, 7) is 0. The van der Waals surface area contributed by atoms with Gasteiger partial charge in [0, 0.05) is 11.8 Å². The lowest BCUT2D eigenvalue weighted by molar-refractivity contribution is -0.111. The first-order chi connectivity index (χ1) is 10.2. The molecule has 0 aliphatic carbocycles. The molecule has 2 aromatic carbocycles. The van der Waals surface area contributed by atoms with E-state index in [4.69, 9.17) is 10.00 Å². The SMILES string of the molecule is COc1ccc(C=CC(=O)Nc2cccc(C#N)c2)cc1. The molecule has 0 spiro atoms. The van der Waals surface area contributed by atoms with Crippen LogP contribution in [0, 0.1) is 11.3 Å². The van der Waals surface area contributed by atoms with Crippen LogP contribution in [-0.2, 0) is 4.79 Å². The number of hydrogen-bond donors (Lipinski definition) is 1. The predicted molar refractivity (Wildman–Crippen MR) is 81.8 cm³/mol. The average molecular weight is 278 g/mol. The number of carbonyl (C=O) groups excluding carboxylic acids is 1. The van der Waals surface area contributed by atoms with Crippen molar-refractivity contribution in [1.82, 2.24) is 0 Å². The van der Waals surface area contributed by atoms with Gasteiger partial charge in [0.25, 0.3) is 0 Å². The number of ether oxygens (including phenoxy) is 1. The molecule has 1 amide bonds. The van der Waals surface area contributed by atoms with E-state index in [1.54, 1.807) is 37.5 Å². The molecule has 1 N–H and O–H groups in total. The van der Waals surface area contributed by atoms with Crippen molar-refractivity contribution in [2.75, 3.05) is 12.4 Å². The van der Waals surface area contributed by atoms with Crippen LogP contribution in [0.15, 0.2) is 54.6 Å². The molecule has 21 heavy (non-hydrogen) atoms. The Hall–Kier alpha value is -3.06. The molecule has 0 bridgehead atoms. The van der Waals surface area contributed by atoms with Crippen LogP contribution in [0.5, 0.6) is 5.75 Å². The third-order valence-corrected chi connectivity index (χ3v) is 2.80. The highest BCUT2D eigenvalue weighted by Crippen LogP contribution is 2.13. The van der Waals surface area contributed by atoms with E-state index in [1.807, 2.05) is 30.3 Å². The van der Waals surface area contributed by atoms with Crippen LogP contribution in [0.25, 0.3) is 6.08 Å². The number of nitriles is 1. The zero-order valence-corrected chi connectivity index (χ0v) is 11.5. The smallest absolute Gasteiger partial charge is 0.248 e. The Morgan fingerprint density at radius 2 is 2.00 bits per heavy atom. The predicted octanol–water partition coefficient (Wildman–Crippen LogP) is 3.22. The van der Waals surface area contributed by atoms with E-state index in [0.717, 1.165) is 11.3 Å². The third kappa shape index (κ3) is 4.22. The van der Waals surface area contributed by atoms with Crippen molar-refractivity contribution in [2.45, 2.75) is 0 Å². The fraction of sp³-hybridized carbons (Fsp3) is 0.0588. The highest BCUT2D eigenvalue weighted by Gasteiger charge is 1.99. The molecule has 0 radical (unpaired) electrons. The molecule has 0 aliphatic heterocycles. The van der Waals surface area contributed by atoms with Gasteiger partial charge < -0.3 is 10.1 Å². The number of methoxy groups -OCH3 is 1. The van der Waals surface area contributed by atoms with Crippen molar-refractivity contribution in [1.29, 1.82) is 5.26 Å². The molecule has 0 heterocycles. The summed E-state index contributed by atoms with van der Waals surface area (Å²) in [7, 11) is 1.60. The molecule has 0 unspecified atom stereocenters. The van der Waals surface area contributed by atoms with Crippen LogP contribution in [0.4, 0.5) is 5.69 Å². The van der Waals surface area contributed by atoms with Gasteiger partial charge in [0.2, 0.25) is 5.91 Å². The summed E-state index contributed by atoms with van der Waals surface area (Å²) in [6.07, 6.45) is 3.16. The number of amides is 1. The summed E-state index contributed by atoms with van der Waals surface area (Å²) in [6, 6.07) is 16.2. The quantitative estimate of drug-likeness (QED) is 0.873. The Morgan fingerprint density at radius 3 is 2.67 bits per heavy atom. The maximum atomic E-state index is 11.8. The van der Waals surface area contributed by atoms with Crippen LogP contribution >= 0.6 is 0 Å². The molecule has 4 heteroatoms. The molecular formula is C17H14N2O2. The molecule has 0 aromatic heterocycles. The first-order valence-corrected chi connectivity index (χ1v) is 6.34. The molecular weight excluding hydrogens is 264 g/mol. The van der Waals surface area contributed by atoms with E-state index in [0.29, 0.717) is 11.3 Å². The first kappa shape index (κ1) is 14.4. The minimum atomic E-state index is -0.249. The Labute approximate surface area is 123 Å². The van der Waals surface area contributed by atoms with E-state index in [1.165, 1.54) is 6.08 Å². The monoisotopic (exact) mass is 278 g/mol. The molecule has 0 fully saturated rings. The number of benzene rings is 2. The van der Waals surface area contributed by atoms with Crippen LogP contribution in [0.3, 0.4) is 0 Å². The normalized spacial score (nSPS) is 10.1. The zero-order valence-electron chi connectivity index (χ0n) is 11.5. The molecule has 2 aromatic rings. The maximum Gasteiger partial charge on any atom is 0.248 e. The van der Waals surface area contributed by atoms with Gasteiger partial charge in [0.1, 0.15) is 5.75 Å². The van der Waals surface area contributed by atoms with E-state index >= 15 is 0 Å². The van der Waals surface area contributed by atoms with Crippen molar-refractivity contribution < 1.29 is 9.53 Å². The Kier molecular flexibility index (Phi) is 4.73. The van der Waals surface area contributed by atoms with Gasteiger partial charge >= 0.3 is 0 Å². The lowest BCUT2D eigenvalue weighted by Gasteiger charge is -2.02. The van der Waals surface area contributed by atoms with Crippen LogP contribution in [0.2, 0.25) is 0 Å². The second-order valence-electron chi connectivity index (χ2n) is 4.29. The summed E-state index contributed by atoms with van der Waals surface area (Å²) in [5.41, 5.74) is 2.00. The summed E-state index contributed by atoms with van der Waals surface area (Å²) in [5.74, 6) is 0.519. The highest BCUT2D eigenvalue weighted by atomic mass is 16.5. The fourth-order valence-corrected chi connectivity index (χ4v) is 1.74. The van der Waals surface area contributed by atoms with E-state index in [-0.39, 0.29) is 5.91 Å². The molecule has 0 saturated heterocycles. The standard InChI is InChI=1S/C17H14N2O2/c1-21-16-8-5-13(6-9-16)7-10-17(20)19-15-4-2-3-14(11-15)12-18/h2-11H,1H3,(H,19,20). The minimum Gasteiger partial charge on any atom is -0.497 e. The Morgan fingerprint density at radius 1 is 1.24 bits per heavy atom. The Balaban J connectivity index is 2.00. The second-order valence-corrected chi connectivity index (χ2v) is 4.29. The fourth-order valence-electron chi connectivity index (χ4n) is 1.74. The number of nitrogens with zero attached hydrogens (tertiary/aromatic N) is 1. The van der Waals surface area contributed by atoms with Gasteiger partial charge in [-0.2, -0.15) is 5.26 Å². The lowest BCUT2D eigenvalue weighted by atomic mass is 10.2. The Bertz CT molecular complexity index is 697. The zero-order chi connectivity index (χ0) is 15.1. The van der Waals surface area contributed by atoms with Gasteiger partial charge in [-0.3, -0.25) is 4.79 Å². The first-order valence-electron chi connectivity index (χ1n) is 6.34. The van der Waals surface area contributed by atoms with E-state index in [2.05, 4.69) is 5.32 Å². The molecule has 0 saturated carbocycles. The second kappa shape index (κ2) is 6.92. The highest BCUT2D eigenvalue weighted by molar-refractivity contribution is 6.02. The topological polar surface area (TPSA) is 62.1 Å². The maximum absolute atomic E-state index is 11.8. The van der Waals surface area contributed by atoms with Crippen molar-refractivity contribution in [3.63, 3.8) is 0 Å². The van der Waals surface area contributed by atoms with Crippen LogP contribution < -0.4 is 10.1 Å². The van der Waals surface area contributed by atoms with Crippen LogP contribution in [0.1, 0.15) is 11.1 Å².